The summed E-state index contributed by atoms with van der Waals surface area (Å²) in [7, 11) is 0. The van der Waals surface area contributed by atoms with Crippen molar-refractivity contribution < 1.29 is 35.5 Å². The predicted octanol–water partition coefficient (Wildman–Crippen LogP) is 9.14. The Bertz CT molecular complexity index is 1660. The molecule has 1 aliphatic rings. The molecule has 0 amide bonds. The Balaban J connectivity index is 1.43. The van der Waals surface area contributed by atoms with Gasteiger partial charge in [0.2, 0.25) is 0 Å². The summed E-state index contributed by atoms with van der Waals surface area (Å²) in [5.41, 5.74) is -0.255. The molecule has 4 aromatic carbocycles. The van der Waals surface area contributed by atoms with Crippen LogP contribution < -0.4 is 0 Å². The smallest absolute Gasteiger partial charge is 0.194 e. The lowest BCUT2D eigenvalue weighted by Gasteiger charge is -2.23. The predicted molar refractivity (Wildman–Crippen MR) is 142 cm³/mol. The van der Waals surface area contributed by atoms with Gasteiger partial charge < -0.3 is 4.74 Å². The minimum Gasteiger partial charge on any atom is -0.365 e. The van der Waals surface area contributed by atoms with Crippen molar-refractivity contribution in [1.29, 1.82) is 0 Å². The van der Waals surface area contributed by atoms with Crippen LogP contribution in [0.25, 0.3) is 33.4 Å². The zero-order valence-electron chi connectivity index (χ0n) is 22.0. The maximum atomic E-state index is 15.2. The van der Waals surface area contributed by atoms with E-state index in [-0.39, 0.29) is 28.4 Å². The Morgan fingerprint density at radius 3 is 1.88 bits per heavy atom. The third-order valence-corrected chi connectivity index (χ3v) is 7.09. The molecule has 0 N–H and O–H groups in total. The van der Waals surface area contributed by atoms with E-state index in [0.29, 0.717) is 35.8 Å². The molecule has 0 spiro atoms. The van der Waals surface area contributed by atoms with Gasteiger partial charge in [-0.15, -0.1) is 0 Å². The first-order valence-corrected chi connectivity index (χ1v) is 12.9. The summed E-state index contributed by atoms with van der Waals surface area (Å²) >= 11 is 0. The molecule has 0 saturated carbocycles. The van der Waals surface area contributed by atoms with Crippen LogP contribution in [0, 0.1) is 65.4 Å². The first kappa shape index (κ1) is 28.4. The van der Waals surface area contributed by atoms with Gasteiger partial charge in [0.05, 0.1) is 12.2 Å². The van der Waals surface area contributed by atoms with Crippen molar-refractivity contribution in [2.75, 3.05) is 6.61 Å². The number of hydrogen-bond donors (Lipinski definition) is 0. The molecule has 2 atom stereocenters. The van der Waals surface area contributed by atoms with E-state index >= 15 is 8.78 Å². The second-order valence-corrected chi connectivity index (χ2v) is 10.2. The monoisotopic (exact) mass is 568 g/mol. The van der Waals surface area contributed by atoms with Crippen molar-refractivity contribution in [3.05, 3.63) is 106 Å². The average Bonchev–Trinajstić information content (AvgIpc) is 2.92. The van der Waals surface area contributed by atoms with Crippen molar-refractivity contribution in [3.8, 4) is 45.2 Å². The highest BCUT2D eigenvalue weighted by Crippen LogP contribution is 2.35. The Labute approximate surface area is 232 Å². The number of aryl methyl sites for hydroxylation is 1. The van der Waals surface area contributed by atoms with Gasteiger partial charge in [-0.2, -0.15) is 0 Å². The average molecular weight is 569 g/mol. The summed E-state index contributed by atoms with van der Waals surface area (Å²) in [5, 5.41) is 0. The van der Waals surface area contributed by atoms with Crippen LogP contribution in [0.15, 0.2) is 54.6 Å². The van der Waals surface area contributed by atoms with Crippen LogP contribution in [-0.2, 0) is 4.74 Å². The third kappa shape index (κ3) is 5.86. The van der Waals surface area contributed by atoms with Crippen molar-refractivity contribution in [1.82, 2.24) is 0 Å². The Kier molecular flexibility index (Phi) is 7.92. The van der Waals surface area contributed by atoms with Gasteiger partial charge in [-0.05, 0) is 90.4 Å². The maximum Gasteiger partial charge on any atom is 0.194 e. The van der Waals surface area contributed by atoms with Crippen LogP contribution in [0.2, 0.25) is 0 Å². The fraction of sp³-hybridized carbons (Fsp3) is 0.212. The zero-order valence-corrected chi connectivity index (χ0v) is 22.0. The molecule has 0 bridgehead atoms. The van der Waals surface area contributed by atoms with Gasteiger partial charge in [-0.3, -0.25) is 0 Å². The lowest BCUT2D eigenvalue weighted by Crippen LogP contribution is -2.22. The first-order chi connectivity index (χ1) is 19.5. The molecule has 210 valence electrons. The summed E-state index contributed by atoms with van der Waals surface area (Å²) in [6.07, 6.45) is 1.60. The fourth-order valence-corrected chi connectivity index (χ4v) is 4.81. The standard InChI is InChI=1S/C33H23F7O/c1-17-3-6-23(41-16-17)7-4-19-10-27(35)25(9-18(19)2)20-5-8-24(26(34)11-20)21-12-28(36)32(29(37)13-21)22-14-30(38)33(40)31(39)15-22/h5,8-15,17,23H,3,6,16H2,1-2H3. The first-order valence-electron chi connectivity index (χ1n) is 12.9. The van der Waals surface area contributed by atoms with Crippen molar-refractivity contribution in [2.45, 2.75) is 32.8 Å². The van der Waals surface area contributed by atoms with E-state index in [4.69, 9.17) is 4.74 Å². The molecular formula is C33H23F7O. The minimum absolute atomic E-state index is 0.120. The molecule has 5 rings (SSSR count). The van der Waals surface area contributed by atoms with Crippen LogP contribution in [-0.4, -0.2) is 12.7 Å². The molecule has 1 fully saturated rings. The summed E-state index contributed by atoms with van der Waals surface area (Å²) in [4.78, 5) is 0. The molecule has 1 heterocycles. The third-order valence-electron chi connectivity index (χ3n) is 7.09. The number of benzene rings is 4. The highest BCUT2D eigenvalue weighted by molar-refractivity contribution is 5.75. The lowest BCUT2D eigenvalue weighted by molar-refractivity contribution is 0.0218. The number of rotatable bonds is 3. The van der Waals surface area contributed by atoms with E-state index in [1.54, 1.807) is 13.0 Å². The van der Waals surface area contributed by atoms with Gasteiger partial charge in [0.25, 0.3) is 0 Å². The van der Waals surface area contributed by atoms with E-state index in [0.717, 1.165) is 31.0 Å². The molecule has 0 aromatic heterocycles. The fourth-order valence-electron chi connectivity index (χ4n) is 4.81. The van der Waals surface area contributed by atoms with Crippen LogP contribution in [0.3, 0.4) is 0 Å². The van der Waals surface area contributed by atoms with Crippen molar-refractivity contribution in [2.24, 2.45) is 5.92 Å². The maximum absolute atomic E-state index is 15.2. The summed E-state index contributed by atoms with van der Waals surface area (Å²) in [6, 6.07) is 9.05. The van der Waals surface area contributed by atoms with Crippen molar-refractivity contribution in [3.63, 3.8) is 0 Å². The van der Waals surface area contributed by atoms with Crippen LogP contribution >= 0.6 is 0 Å². The summed E-state index contributed by atoms with van der Waals surface area (Å²) < 4.78 is 106. The minimum atomic E-state index is -1.77. The molecule has 1 aliphatic heterocycles. The van der Waals surface area contributed by atoms with Crippen LogP contribution in [0.4, 0.5) is 30.7 Å². The highest BCUT2D eigenvalue weighted by Gasteiger charge is 2.21. The molecule has 1 saturated heterocycles. The van der Waals surface area contributed by atoms with E-state index in [1.807, 2.05) is 0 Å². The van der Waals surface area contributed by atoms with Crippen LogP contribution in [0.5, 0.6) is 0 Å². The van der Waals surface area contributed by atoms with Crippen molar-refractivity contribution >= 4 is 0 Å². The van der Waals surface area contributed by atoms with Gasteiger partial charge in [0, 0.05) is 16.7 Å². The Hall–Kier alpha value is -4.09. The normalized spacial score (nSPS) is 16.8. The quantitative estimate of drug-likeness (QED) is 0.136. The number of ether oxygens (including phenoxy) is 1. The Morgan fingerprint density at radius 2 is 1.27 bits per heavy atom. The van der Waals surface area contributed by atoms with E-state index in [9.17, 15) is 22.0 Å². The largest absolute Gasteiger partial charge is 0.365 e. The SMILES string of the molecule is Cc1cc(-c2ccc(-c3cc(F)c(-c4cc(F)c(F)c(F)c4)c(F)c3)c(F)c2)c(F)cc1C#CC1CCC(C)CO1. The lowest BCUT2D eigenvalue weighted by atomic mass is 9.95. The molecule has 2 unspecified atom stereocenters. The van der Waals surface area contributed by atoms with Crippen LogP contribution in [0.1, 0.15) is 30.9 Å². The summed E-state index contributed by atoms with van der Waals surface area (Å²) in [5.74, 6) is -2.47. The second kappa shape index (κ2) is 11.4. The molecule has 8 heteroatoms. The number of halogens is 7. The Morgan fingerprint density at radius 1 is 0.659 bits per heavy atom. The van der Waals surface area contributed by atoms with Gasteiger partial charge in [0.1, 0.15) is 29.4 Å². The summed E-state index contributed by atoms with van der Waals surface area (Å²) in [6.45, 7) is 4.49. The molecule has 1 nitrogen and oxygen atoms in total. The zero-order chi connectivity index (χ0) is 29.4. The van der Waals surface area contributed by atoms with E-state index < -0.39 is 51.8 Å². The molecular weight excluding hydrogens is 545 g/mol. The highest BCUT2D eigenvalue weighted by atomic mass is 19.2. The van der Waals surface area contributed by atoms with E-state index in [2.05, 4.69) is 18.8 Å². The van der Waals surface area contributed by atoms with E-state index in [1.165, 1.54) is 18.2 Å². The molecule has 0 aliphatic carbocycles. The molecule has 4 aromatic rings. The topological polar surface area (TPSA) is 9.23 Å². The van der Waals surface area contributed by atoms with Gasteiger partial charge in [-0.1, -0.05) is 30.9 Å². The van der Waals surface area contributed by atoms with Gasteiger partial charge in [0.15, 0.2) is 17.5 Å². The van der Waals surface area contributed by atoms with Gasteiger partial charge >= 0.3 is 0 Å². The number of hydrogen-bond acceptors (Lipinski definition) is 1. The molecule has 0 radical (unpaired) electrons. The second-order valence-electron chi connectivity index (χ2n) is 10.2. The molecule has 41 heavy (non-hydrogen) atoms. The van der Waals surface area contributed by atoms with Gasteiger partial charge in [-0.25, -0.2) is 30.7 Å².